The summed E-state index contributed by atoms with van der Waals surface area (Å²) in [6.07, 6.45) is 4.12. The Labute approximate surface area is 113 Å². The maximum absolute atomic E-state index is 11.3. The number of carbonyl (C=O) groups is 2. The summed E-state index contributed by atoms with van der Waals surface area (Å²) in [5.41, 5.74) is 5.90. The molecule has 1 aliphatic heterocycles. The van der Waals surface area contributed by atoms with Crippen molar-refractivity contribution in [3.8, 4) is 0 Å². The van der Waals surface area contributed by atoms with Gasteiger partial charge in [0.2, 0.25) is 5.91 Å². The predicted molar refractivity (Wildman–Crippen MR) is 72.6 cm³/mol. The zero-order valence-corrected chi connectivity index (χ0v) is 11.1. The van der Waals surface area contributed by atoms with Crippen molar-refractivity contribution in [2.75, 3.05) is 18.0 Å². The highest BCUT2D eigenvalue weighted by Crippen LogP contribution is 2.27. The lowest BCUT2D eigenvalue weighted by molar-refractivity contribution is -0.122. The molecule has 0 aliphatic carbocycles. The Morgan fingerprint density at radius 3 is 2.84 bits per heavy atom. The standard InChI is InChI=1S/C12H14N4O2S/c13-10(18)8-1-3-15(4-2-8)11-9(7-17)16-5-6-19-12(16)14-11/h5-8H,1-4H2,(H2,13,18). The van der Waals surface area contributed by atoms with Gasteiger partial charge in [-0.3, -0.25) is 14.0 Å². The van der Waals surface area contributed by atoms with Crippen LogP contribution in [0.15, 0.2) is 11.6 Å². The van der Waals surface area contributed by atoms with Gasteiger partial charge in [-0.15, -0.1) is 11.3 Å². The highest BCUT2D eigenvalue weighted by molar-refractivity contribution is 7.15. The lowest BCUT2D eigenvalue weighted by atomic mass is 9.96. The zero-order chi connectivity index (χ0) is 13.4. The molecule has 0 radical (unpaired) electrons. The van der Waals surface area contributed by atoms with E-state index in [1.807, 2.05) is 11.6 Å². The fourth-order valence-corrected chi connectivity index (χ4v) is 3.23. The number of hydrogen-bond acceptors (Lipinski definition) is 5. The van der Waals surface area contributed by atoms with E-state index in [9.17, 15) is 9.59 Å². The van der Waals surface area contributed by atoms with Crippen molar-refractivity contribution in [1.29, 1.82) is 0 Å². The molecule has 2 aromatic rings. The molecule has 19 heavy (non-hydrogen) atoms. The quantitative estimate of drug-likeness (QED) is 0.846. The van der Waals surface area contributed by atoms with Crippen LogP contribution in [0.4, 0.5) is 5.82 Å². The normalized spacial score (nSPS) is 16.9. The minimum absolute atomic E-state index is 0.0559. The van der Waals surface area contributed by atoms with Crippen LogP contribution in [0.1, 0.15) is 23.3 Å². The van der Waals surface area contributed by atoms with Gasteiger partial charge in [0.15, 0.2) is 17.1 Å². The van der Waals surface area contributed by atoms with Gasteiger partial charge in [-0.2, -0.15) is 0 Å². The van der Waals surface area contributed by atoms with Crippen molar-refractivity contribution in [3.63, 3.8) is 0 Å². The molecule has 6 nitrogen and oxygen atoms in total. The van der Waals surface area contributed by atoms with Crippen LogP contribution in [0.25, 0.3) is 4.96 Å². The van der Waals surface area contributed by atoms with Crippen LogP contribution in [0.5, 0.6) is 0 Å². The first-order valence-electron chi connectivity index (χ1n) is 6.15. The molecule has 0 bridgehead atoms. The molecule has 1 amide bonds. The molecule has 2 aromatic heterocycles. The molecular weight excluding hydrogens is 264 g/mol. The van der Waals surface area contributed by atoms with Crippen molar-refractivity contribution in [1.82, 2.24) is 9.38 Å². The zero-order valence-electron chi connectivity index (χ0n) is 10.3. The number of fused-ring (bicyclic) bond motifs is 1. The summed E-state index contributed by atoms with van der Waals surface area (Å²) in [6, 6.07) is 0. The van der Waals surface area contributed by atoms with Crippen LogP contribution in [0.3, 0.4) is 0 Å². The van der Waals surface area contributed by atoms with Crippen molar-refractivity contribution >= 4 is 34.3 Å². The smallest absolute Gasteiger partial charge is 0.220 e. The van der Waals surface area contributed by atoms with Gasteiger partial charge in [0.25, 0.3) is 0 Å². The minimum atomic E-state index is -0.235. The number of nitrogens with zero attached hydrogens (tertiary/aromatic N) is 3. The van der Waals surface area contributed by atoms with Gasteiger partial charge in [-0.1, -0.05) is 0 Å². The molecule has 0 aromatic carbocycles. The first-order valence-corrected chi connectivity index (χ1v) is 7.03. The van der Waals surface area contributed by atoms with Crippen molar-refractivity contribution in [2.45, 2.75) is 12.8 Å². The highest BCUT2D eigenvalue weighted by atomic mass is 32.1. The van der Waals surface area contributed by atoms with E-state index < -0.39 is 0 Å². The van der Waals surface area contributed by atoms with E-state index in [1.54, 1.807) is 4.40 Å². The molecule has 1 aliphatic rings. The van der Waals surface area contributed by atoms with Crippen LogP contribution in [0.2, 0.25) is 0 Å². The Morgan fingerprint density at radius 2 is 2.21 bits per heavy atom. The topological polar surface area (TPSA) is 80.7 Å². The molecule has 1 saturated heterocycles. The number of nitrogens with two attached hydrogens (primary N) is 1. The number of piperidine rings is 1. The number of anilines is 1. The summed E-state index contributed by atoms with van der Waals surface area (Å²) in [4.78, 5) is 29.8. The van der Waals surface area contributed by atoms with Crippen molar-refractivity contribution in [3.05, 3.63) is 17.3 Å². The second kappa shape index (κ2) is 4.65. The van der Waals surface area contributed by atoms with Gasteiger partial charge in [0.05, 0.1) is 0 Å². The van der Waals surface area contributed by atoms with Crippen LogP contribution in [-0.4, -0.2) is 34.7 Å². The van der Waals surface area contributed by atoms with Crippen molar-refractivity contribution in [2.24, 2.45) is 11.7 Å². The third-order valence-corrected chi connectivity index (χ3v) is 4.34. The Bertz CT molecular complexity index is 625. The Kier molecular flexibility index (Phi) is 2.98. The minimum Gasteiger partial charge on any atom is -0.369 e. The lowest BCUT2D eigenvalue weighted by Crippen LogP contribution is -2.39. The third kappa shape index (κ3) is 1.99. The summed E-state index contributed by atoms with van der Waals surface area (Å²) >= 11 is 1.50. The fraction of sp³-hybridized carbons (Fsp3) is 0.417. The number of aromatic nitrogens is 2. The van der Waals surface area contributed by atoms with E-state index in [0.717, 1.165) is 24.1 Å². The second-order valence-electron chi connectivity index (χ2n) is 4.66. The molecule has 3 heterocycles. The van der Waals surface area contributed by atoms with Crippen LogP contribution in [-0.2, 0) is 4.79 Å². The highest BCUT2D eigenvalue weighted by Gasteiger charge is 2.26. The van der Waals surface area contributed by atoms with Gasteiger partial charge in [-0.05, 0) is 12.8 Å². The average molecular weight is 278 g/mol. The Hall–Kier alpha value is -1.89. The first kappa shape index (κ1) is 12.2. The molecule has 0 saturated carbocycles. The van der Waals surface area contributed by atoms with E-state index >= 15 is 0 Å². The maximum atomic E-state index is 11.3. The third-order valence-electron chi connectivity index (χ3n) is 3.59. The second-order valence-corrected chi connectivity index (χ2v) is 5.53. The summed E-state index contributed by atoms with van der Waals surface area (Å²) in [7, 11) is 0. The van der Waals surface area contributed by atoms with E-state index in [4.69, 9.17) is 5.73 Å². The SMILES string of the molecule is NC(=O)C1CCN(c2nc3sccn3c2C=O)CC1. The predicted octanol–water partition coefficient (Wildman–Crippen LogP) is 0.910. The van der Waals surface area contributed by atoms with E-state index in [0.29, 0.717) is 24.6 Å². The van der Waals surface area contributed by atoms with Crippen molar-refractivity contribution < 1.29 is 9.59 Å². The van der Waals surface area contributed by atoms with Gasteiger partial charge >= 0.3 is 0 Å². The monoisotopic (exact) mass is 278 g/mol. The Morgan fingerprint density at radius 1 is 1.47 bits per heavy atom. The fourth-order valence-electron chi connectivity index (χ4n) is 2.51. The number of hydrogen-bond donors (Lipinski definition) is 1. The number of rotatable bonds is 3. The number of carbonyl (C=O) groups excluding carboxylic acids is 2. The number of thiazole rings is 1. The molecule has 3 rings (SSSR count). The number of imidazole rings is 1. The molecule has 0 unspecified atom stereocenters. The number of aldehydes is 1. The molecule has 0 atom stereocenters. The van der Waals surface area contributed by atoms with Gasteiger partial charge in [0, 0.05) is 30.6 Å². The van der Waals surface area contributed by atoms with Gasteiger partial charge in [0.1, 0.15) is 5.69 Å². The summed E-state index contributed by atoms with van der Waals surface area (Å²) in [5, 5.41) is 1.90. The molecule has 0 spiro atoms. The summed E-state index contributed by atoms with van der Waals surface area (Å²) in [5.74, 6) is 0.422. The Balaban J connectivity index is 1.87. The lowest BCUT2D eigenvalue weighted by Gasteiger charge is -2.30. The van der Waals surface area contributed by atoms with E-state index in [1.165, 1.54) is 11.3 Å². The summed E-state index contributed by atoms with van der Waals surface area (Å²) < 4.78 is 1.80. The van der Waals surface area contributed by atoms with Crippen LogP contribution >= 0.6 is 11.3 Å². The summed E-state index contributed by atoms with van der Waals surface area (Å²) in [6.45, 7) is 1.42. The van der Waals surface area contributed by atoms with Gasteiger partial charge < -0.3 is 10.6 Å². The maximum Gasteiger partial charge on any atom is 0.220 e. The molecule has 2 N–H and O–H groups in total. The first-order chi connectivity index (χ1) is 9.20. The van der Waals surface area contributed by atoms with Crippen LogP contribution in [0, 0.1) is 5.92 Å². The van der Waals surface area contributed by atoms with E-state index in [-0.39, 0.29) is 11.8 Å². The molecular formula is C12H14N4O2S. The molecule has 100 valence electrons. The number of amides is 1. The largest absolute Gasteiger partial charge is 0.369 e. The average Bonchev–Trinajstić information content (AvgIpc) is 2.98. The molecule has 7 heteroatoms. The van der Waals surface area contributed by atoms with Gasteiger partial charge in [-0.25, -0.2) is 4.98 Å². The molecule has 1 fully saturated rings. The van der Waals surface area contributed by atoms with Crippen LogP contribution < -0.4 is 10.6 Å². The number of primary amides is 1. The van der Waals surface area contributed by atoms with E-state index in [2.05, 4.69) is 9.88 Å².